The number of nitrogens with zero attached hydrogens (tertiary/aromatic N) is 2. The van der Waals surface area contributed by atoms with Crippen molar-refractivity contribution < 1.29 is 17.3 Å². The molecule has 0 atom stereocenters. The van der Waals surface area contributed by atoms with E-state index in [0.717, 1.165) is 6.67 Å². The second-order valence-corrected chi connectivity index (χ2v) is 3.36. The summed E-state index contributed by atoms with van der Waals surface area (Å²) >= 11 is 0. The van der Waals surface area contributed by atoms with E-state index in [9.17, 15) is 17.3 Å². The van der Waals surface area contributed by atoms with E-state index in [1.54, 1.807) is 0 Å². The summed E-state index contributed by atoms with van der Waals surface area (Å²) in [7, 11) is -3.90. The Kier molecular flexibility index (Phi) is 9.80. The Morgan fingerprint density at radius 1 is 1.19 bits per heavy atom. The van der Waals surface area contributed by atoms with Crippen molar-refractivity contribution in [2.75, 3.05) is 20.3 Å². The van der Waals surface area contributed by atoms with Crippen molar-refractivity contribution in [3.63, 3.8) is 0 Å². The number of rotatable bonds is 3. The van der Waals surface area contributed by atoms with E-state index in [0.29, 0.717) is 0 Å². The molecule has 0 aromatic carbocycles. The summed E-state index contributed by atoms with van der Waals surface area (Å²) < 4.78 is 39.0. The average Bonchev–Trinajstić information content (AvgIpc) is 2.45. The molecule has 8 heteroatoms. The van der Waals surface area contributed by atoms with Crippen LogP contribution in [0.5, 0.6) is 0 Å². The molecule has 2 nitrogen and oxygen atoms in total. The second-order valence-electron chi connectivity index (χ2n) is 3.36. The third-order valence-electron chi connectivity index (χ3n) is 1.74. The van der Waals surface area contributed by atoms with Crippen molar-refractivity contribution in [2.24, 2.45) is 0 Å². The van der Waals surface area contributed by atoms with Gasteiger partial charge in [0, 0.05) is 26.0 Å². The maximum absolute atomic E-state index is 9.75. The van der Waals surface area contributed by atoms with E-state index in [1.165, 1.54) is 19.4 Å². The molecule has 0 N–H and O–H groups in total. The maximum Gasteiger partial charge on any atom is 0.673 e. The van der Waals surface area contributed by atoms with Crippen LogP contribution in [0, 0.1) is 0 Å². The van der Waals surface area contributed by atoms with Crippen LogP contribution >= 0.6 is 17.0 Å². The lowest BCUT2D eigenvalue weighted by atomic mass is 10.3. The molecular formula is C8H17BBrF4N2-. The topological polar surface area (TPSA) is 6.48 Å². The monoisotopic (exact) mass is 307 g/mol. The van der Waals surface area contributed by atoms with Gasteiger partial charge >= 0.3 is 7.25 Å². The fraction of sp³-hybridized carbons (Fsp3) is 0.750. The van der Waals surface area contributed by atoms with E-state index in [2.05, 4.69) is 36.2 Å². The number of unbranched alkanes of at least 4 members (excludes halogenated alkanes) is 1. The molecule has 0 unspecified atom stereocenters. The lowest BCUT2D eigenvalue weighted by Gasteiger charge is -2.17. The molecule has 0 aliphatic carbocycles. The minimum atomic E-state index is -6.00. The van der Waals surface area contributed by atoms with Gasteiger partial charge in [0.25, 0.3) is 0 Å². The SMILES string of the molecule is Br.CCCCN1C=CN(C)C1.F[B-](F)(F)F. The van der Waals surface area contributed by atoms with E-state index in [1.807, 2.05) is 0 Å². The summed E-state index contributed by atoms with van der Waals surface area (Å²) in [5, 5.41) is 0. The quantitative estimate of drug-likeness (QED) is 0.583. The van der Waals surface area contributed by atoms with Crippen LogP contribution in [-0.4, -0.2) is 37.3 Å². The van der Waals surface area contributed by atoms with Crippen molar-refractivity contribution in [3.05, 3.63) is 12.4 Å². The molecule has 0 radical (unpaired) electrons. The summed E-state index contributed by atoms with van der Waals surface area (Å²) in [5.41, 5.74) is 0. The first-order chi connectivity index (χ1) is 6.83. The van der Waals surface area contributed by atoms with E-state index >= 15 is 0 Å². The van der Waals surface area contributed by atoms with Crippen molar-refractivity contribution in [1.82, 2.24) is 9.80 Å². The summed E-state index contributed by atoms with van der Waals surface area (Å²) in [6.45, 7) is 4.50. The Hall–Kier alpha value is -0.395. The molecule has 0 bridgehead atoms. The van der Waals surface area contributed by atoms with Crippen LogP contribution in [0.3, 0.4) is 0 Å². The fourth-order valence-electron chi connectivity index (χ4n) is 1.10. The molecule has 0 aromatic heterocycles. The summed E-state index contributed by atoms with van der Waals surface area (Å²) in [6, 6.07) is 0. The molecule has 0 fully saturated rings. The van der Waals surface area contributed by atoms with Crippen LogP contribution in [0.2, 0.25) is 0 Å². The van der Waals surface area contributed by atoms with Gasteiger partial charge in [0.2, 0.25) is 0 Å². The van der Waals surface area contributed by atoms with Gasteiger partial charge < -0.3 is 27.1 Å². The number of hydrogen-bond donors (Lipinski definition) is 0. The zero-order valence-electron chi connectivity index (χ0n) is 9.38. The highest BCUT2D eigenvalue weighted by Gasteiger charge is 2.20. The van der Waals surface area contributed by atoms with Gasteiger partial charge in [0.1, 0.15) is 0 Å². The van der Waals surface area contributed by atoms with Gasteiger partial charge in [0.05, 0.1) is 6.67 Å². The Morgan fingerprint density at radius 3 is 2.00 bits per heavy atom. The van der Waals surface area contributed by atoms with Gasteiger partial charge in [0.15, 0.2) is 0 Å². The van der Waals surface area contributed by atoms with Crippen molar-refractivity contribution in [2.45, 2.75) is 19.8 Å². The van der Waals surface area contributed by atoms with Crippen molar-refractivity contribution in [1.29, 1.82) is 0 Å². The Labute approximate surface area is 104 Å². The zero-order valence-corrected chi connectivity index (χ0v) is 11.1. The number of hydrogen-bond acceptors (Lipinski definition) is 2. The van der Waals surface area contributed by atoms with Gasteiger partial charge in [-0.3, -0.25) is 0 Å². The highest BCUT2D eigenvalue weighted by molar-refractivity contribution is 8.93. The second kappa shape index (κ2) is 8.72. The first-order valence-corrected chi connectivity index (χ1v) is 4.83. The van der Waals surface area contributed by atoms with E-state index in [-0.39, 0.29) is 17.0 Å². The minimum absolute atomic E-state index is 0. The van der Waals surface area contributed by atoms with Gasteiger partial charge in [-0.05, 0) is 6.42 Å². The molecule has 1 aliphatic heterocycles. The largest absolute Gasteiger partial charge is 0.673 e. The van der Waals surface area contributed by atoms with Crippen LogP contribution in [-0.2, 0) is 0 Å². The molecule has 0 aromatic rings. The molecule has 1 rings (SSSR count). The first kappa shape index (κ1) is 18.0. The normalized spacial score (nSPS) is 14.4. The molecule has 16 heavy (non-hydrogen) atoms. The third kappa shape index (κ3) is 13.6. The summed E-state index contributed by atoms with van der Waals surface area (Å²) in [5.74, 6) is 0. The fourth-order valence-corrected chi connectivity index (χ4v) is 1.10. The highest BCUT2D eigenvalue weighted by atomic mass is 79.9. The number of halogens is 5. The average molecular weight is 308 g/mol. The first-order valence-electron chi connectivity index (χ1n) is 4.83. The Morgan fingerprint density at radius 2 is 1.69 bits per heavy atom. The summed E-state index contributed by atoms with van der Waals surface area (Å²) in [4.78, 5) is 4.53. The maximum atomic E-state index is 9.75. The van der Waals surface area contributed by atoms with E-state index in [4.69, 9.17) is 0 Å². The molecule has 0 spiro atoms. The predicted octanol–water partition coefficient (Wildman–Crippen LogP) is 3.34. The molecule has 1 heterocycles. The van der Waals surface area contributed by atoms with E-state index < -0.39 is 7.25 Å². The molecule has 98 valence electrons. The molecule has 1 aliphatic rings. The van der Waals surface area contributed by atoms with Crippen LogP contribution in [0.1, 0.15) is 19.8 Å². The molecule has 0 amide bonds. The van der Waals surface area contributed by atoms with Gasteiger partial charge in [-0.2, -0.15) is 0 Å². The zero-order chi connectivity index (χ0) is 11.9. The van der Waals surface area contributed by atoms with Gasteiger partial charge in [-0.1, -0.05) is 13.3 Å². The molecule has 0 saturated carbocycles. The van der Waals surface area contributed by atoms with Gasteiger partial charge in [-0.15, -0.1) is 17.0 Å². The van der Waals surface area contributed by atoms with Gasteiger partial charge in [-0.25, -0.2) is 0 Å². The Balaban J connectivity index is 0. The standard InChI is InChI=1S/C8H16N2.BF4.BrH/c1-3-4-5-10-7-6-9(2)8-10;2-1(3,4)5;/h6-7H,3-5,8H2,1-2H3;;1H/q;-1;. The van der Waals surface area contributed by atoms with Crippen LogP contribution < -0.4 is 0 Å². The smallest absolute Gasteiger partial charge is 0.418 e. The summed E-state index contributed by atoms with van der Waals surface area (Å²) in [6.07, 6.45) is 6.87. The highest BCUT2D eigenvalue weighted by Crippen LogP contribution is 2.06. The van der Waals surface area contributed by atoms with Crippen molar-refractivity contribution >= 4 is 24.2 Å². The lowest BCUT2D eigenvalue weighted by Crippen LogP contribution is -2.23. The molecular weight excluding hydrogens is 291 g/mol. The third-order valence-corrected chi connectivity index (χ3v) is 1.74. The van der Waals surface area contributed by atoms with Crippen LogP contribution in [0.15, 0.2) is 12.4 Å². The van der Waals surface area contributed by atoms with Crippen LogP contribution in [0.25, 0.3) is 0 Å². The Bertz CT molecular complexity index is 195. The molecule has 0 saturated heterocycles. The van der Waals surface area contributed by atoms with Crippen LogP contribution in [0.4, 0.5) is 17.3 Å². The lowest BCUT2D eigenvalue weighted by molar-refractivity contribution is 0.293. The minimum Gasteiger partial charge on any atom is -0.418 e. The van der Waals surface area contributed by atoms with Crippen molar-refractivity contribution in [3.8, 4) is 0 Å². The predicted molar refractivity (Wildman–Crippen MR) is 63.9 cm³/mol.